The first-order valence-corrected chi connectivity index (χ1v) is 28.5. The molecular weight excluding hydrogens is 1040 g/mol. The number of nitrogens with one attached hydrogen (secondary N) is 5. The molecule has 0 spiro atoms. The summed E-state index contributed by atoms with van der Waals surface area (Å²) in [6.45, 7) is 16.8. The summed E-state index contributed by atoms with van der Waals surface area (Å²) in [4.78, 5) is 122. The van der Waals surface area contributed by atoms with Gasteiger partial charge in [0.2, 0.25) is 41.4 Å². The molecule has 20 nitrogen and oxygen atoms in total. The number of ether oxygens (including phenoxy) is 3. The first-order valence-electron chi connectivity index (χ1n) is 28.5. The maximum Gasteiger partial charge on any atom is 0.340 e. The molecule has 0 saturated carbocycles. The molecule has 440 valence electrons. The van der Waals surface area contributed by atoms with E-state index in [0.717, 1.165) is 46.1 Å². The first kappa shape index (κ1) is 64.5. The van der Waals surface area contributed by atoms with Gasteiger partial charge in [-0.15, -0.1) is 0 Å². The summed E-state index contributed by atoms with van der Waals surface area (Å²) >= 11 is 0. The van der Waals surface area contributed by atoms with E-state index in [1.807, 2.05) is 60.6 Å². The zero-order valence-electron chi connectivity index (χ0n) is 48.6. The Morgan fingerprint density at radius 2 is 1.52 bits per heavy atom. The number of amides is 7. The van der Waals surface area contributed by atoms with Gasteiger partial charge in [-0.1, -0.05) is 98.2 Å². The average molecular weight is 1120 g/mol. The van der Waals surface area contributed by atoms with Crippen LogP contribution in [-0.4, -0.2) is 133 Å². The summed E-state index contributed by atoms with van der Waals surface area (Å²) in [7, 11) is 0. The smallest absolute Gasteiger partial charge is 0.340 e. The molecule has 2 aliphatic heterocycles. The van der Waals surface area contributed by atoms with Gasteiger partial charge in [-0.25, -0.2) is 9.78 Å². The highest BCUT2D eigenvalue weighted by atomic mass is 16.5. The molecule has 1 aliphatic carbocycles. The van der Waals surface area contributed by atoms with E-state index in [9.17, 15) is 48.3 Å². The van der Waals surface area contributed by atoms with Crippen molar-refractivity contribution in [1.29, 1.82) is 0 Å². The second kappa shape index (κ2) is 31.0. The van der Waals surface area contributed by atoms with Gasteiger partial charge in [0.1, 0.15) is 31.7 Å². The van der Waals surface area contributed by atoms with Crippen molar-refractivity contribution >= 4 is 69.6 Å². The van der Waals surface area contributed by atoms with Crippen LogP contribution in [0.1, 0.15) is 130 Å². The van der Waals surface area contributed by atoms with Crippen LogP contribution in [0, 0.1) is 23.2 Å². The van der Waals surface area contributed by atoms with E-state index in [2.05, 4.69) is 40.4 Å². The average Bonchev–Trinajstić information content (AvgIpc) is 3.80. The van der Waals surface area contributed by atoms with Crippen LogP contribution >= 0.6 is 0 Å². The molecule has 6 rings (SSSR count). The normalized spacial score (nSPS) is 19.2. The number of pyridine rings is 1. The number of nitrogens with zero attached hydrogens (tertiary/aromatic N) is 2. The molecule has 3 heterocycles. The maximum atomic E-state index is 13.7. The summed E-state index contributed by atoms with van der Waals surface area (Å²) in [5.74, 6) is -4.33. The Hall–Kier alpha value is -7.32. The third-order valence-electron chi connectivity index (χ3n) is 15.7. The van der Waals surface area contributed by atoms with E-state index in [-0.39, 0.29) is 98.7 Å². The molecule has 5 unspecified atom stereocenters. The van der Waals surface area contributed by atoms with Gasteiger partial charge in [0.25, 0.3) is 0 Å². The Labute approximate surface area is 475 Å². The van der Waals surface area contributed by atoms with Crippen molar-refractivity contribution in [2.75, 3.05) is 52.7 Å². The van der Waals surface area contributed by atoms with Crippen molar-refractivity contribution in [2.24, 2.45) is 23.2 Å². The molecule has 6 N–H and O–H groups in total. The Morgan fingerprint density at radius 3 is 2.22 bits per heavy atom. The number of aliphatic hydroxyl groups is 1. The number of aryl methyl sites for hydroxylation is 1. The lowest BCUT2D eigenvalue weighted by Gasteiger charge is -2.31. The minimum absolute atomic E-state index is 0.0917. The number of unbranched alkanes of at least 4 members (excludes halogenated alkanes) is 2. The fourth-order valence-corrected chi connectivity index (χ4v) is 10.2. The highest BCUT2D eigenvalue weighted by Gasteiger charge is 2.47. The van der Waals surface area contributed by atoms with Crippen LogP contribution < -0.4 is 31.3 Å². The topological polar surface area (TPSA) is 278 Å². The van der Waals surface area contributed by atoms with Gasteiger partial charge in [-0.3, -0.25) is 43.3 Å². The number of carbonyl (C=O) groups is 9. The van der Waals surface area contributed by atoms with Crippen LogP contribution in [0.15, 0.2) is 65.8 Å². The second-order valence-electron chi connectivity index (χ2n) is 21.0. The van der Waals surface area contributed by atoms with Crippen LogP contribution in [0.5, 0.6) is 5.75 Å². The van der Waals surface area contributed by atoms with E-state index < -0.39 is 60.8 Å². The molecule has 3 aromatic rings. The van der Waals surface area contributed by atoms with Gasteiger partial charge in [0.05, 0.1) is 43.4 Å². The number of aliphatic hydroxyl groups excluding tert-OH is 1. The Balaban J connectivity index is 0.00000595. The fourth-order valence-electron chi connectivity index (χ4n) is 10.2. The molecule has 1 aromatic heterocycles. The zero-order valence-corrected chi connectivity index (χ0v) is 48.6. The van der Waals surface area contributed by atoms with Crippen molar-refractivity contribution < 1.29 is 62.5 Å². The summed E-state index contributed by atoms with van der Waals surface area (Å²) in [5, 5.41) is 24.4. The Kier molecular flexibility index (Phi) is 24.7. The van der Waals surface area contributed by atoms with Gasteiger partial charge < -0.3 is 45.9 Å². The standard InChI is InChI=1S/C59H77N7O13.C2H6/c1-8-40-41-28-39(20-21-46(41)65-53-36(5)26-43-44(33-79-58(76)55(43)73)54(72)37(6)35(4)25-42(40)53)78-24-23-77-34-63-50(69)31-62-56(74)47(27-38-17-13-11-14-18-38)64-51(70)32-61-49(68)30-60-48(67)19-15-12-16-22-66-52(71)29-45(57(66)75)59(7,9-2)10-3;1-2/h11,13-14,17-18,20-21,26,28,35,37,45,47,55,73H,8-10,12,15-16,19,22-25,27,29-34H2,1-7H3,(H,60,67)(H,61,68)(H,62,74)(H,63,69)(H,64,70);1-2H3/b36-26+;. The van der Waals surface area contributed by atoms with Crippen molar-refractivity contribution in [3.63, 3.8) is 0 Å². The summed E-state index contributed by atoms with van der Waals surface area (Å²) in [5.41, 5.74) is 5.25. The molecule has 2 aromatic carbocycles. The number of cyclic esters (lactones) is 1. The van der Waals surface area contributed by atoms with Crippen LogP contribution in [0.25, 0.3) is 16.5 Å². The Bertz CT molecular complexity index is 2830. The summed E-state index contributed by atoms with van der Waals surface area (Å²) in [6, 6.07) is 13.4. The van der Waals surface area contributed by atoms with Gasteiger partial charge in [-0.2, -0.15) is 0 Å². The number of ketones is 1. The van der Waals surface area contributed by atoms with Crippen molar-refractivity contribution in [3.8, 4) is 5.75 Å². The van der Waals surface area contributed by atoms with Crippen LogP contribution in [0.2, 0.25) is 0 Å². The van der Waals surface area contributed by atoms with Crippen molar-refractivity contribution in [3.05, 3.63) is 88.1 Å². The molecule has 1 fully saturated rings. The lowest BCUT2D eigenvalue weighted by atomic mass is 9.72. The molecule has 0 bridgehead atoms. The number of likely N-dealkylation sites (tertiary alicyclic amines) is 1. The highest BCUT2D eigenvalue weighted by Crippen LogP contribution is 2.42. The van der Waals surface area contributed by atoms with Crippen LogP contribution in [-0.2, 0) is 71.9 Å². The number of rotatable bonds is 26. The van der Waals surface area contributed by atoms with Gasteiger partial charge in [-0.05, 0) is 97.2 Å². The molecule has 81 heavy (non-hydrogen) atoms. The molecule has 1 saturated heterocycles. The van der Waals surface area contributed by atoms with Gasteiger partial charge in [0.15, 0.2) is 11.9 Å². The predicted molar refractivity (Wildman–Crippen MR) is 305 cm³/mol. The van der Waals surface area contributed by atoms with E-state index in [1.54, 1.807) is 42.5 Å². The number of esters is 1. The highest BCUT2D eigenvalue weighted by molar-refractivity contribution is 6.04. The van der Waals surface area contributed by atoms with E-state index in [0.29, 0.717) is 55.5 Å². The van der Waals surface area contributed by atoms with Crippen LogP contribution in [0.4, 0.5) is 0 Å². The number of aromatic nitrogens is 1. The van der Waals surface area contributed by atoms with Crippen molar-refractivity contribution in [1.82, 2.24) is 36.5 Å². The number of imide groups is 1. The lowest BCUT2D eigenvalue weighted by Crippen LogP contribution is -2.52. The van der Waals surface area contributed by atoms with Gasteiger partial charge in [0, 0.05) is 48.3 Å². The summed E-state index contributed by atoms with van der Waals surface area (Å²) in [6.07, 6.45) is 5.08. The number of hydrogen-bond donors (Lipinski definition) is 6. The lowest BCUT2D eigenvalue weighted by molar-refractivity contribution is -0.152. The number of fused-ring (bicyclic) bond motifs is 2. The fraction of sp³-hybridized carbons (Fsp3) is 0.541. The molecule has 0 radical (unpaired) electrons. The zero-order chi connectivity index (χ0) is 59.4. The number of hydrogen-bond acceptors (Lipinski definition) is 14. The first-order chi connectivity index (χ1) is 38.8. The molecule has 3 aliphatic rings. The second-order valence-corrected chi connectivity index (χ2v) is 21.0. The van der Waals surface area contributed by atoms with Gasteiger partial charge >= 0.3 is 5.97 Å². The minimum Gasteiger partial charge on any atom is -0.491 e. The quantitative estimate of drug-likeness (QED) is 0.0263. The number of Topliss-reactive ketones (excluding diaryl/α,β-unsaturated/α-hetero) is 1. The Morgan fingerprint density at radius 1 is 0.840 bits per heavy atom. The third kappa shape index (κ3) is 17.3. The number of carbonyl (C=O) groups excluding carboxylic acids is 9. The van der Waals surface area contributed by atoms with E-state index in [1.165, 1.54) is 4.90 Å². The van der Waals surface area contributed by atoms with E-state index in [4.69, 9.17) is 19.2 Å². The minimum atomic E-state index is -1.57. The van der Waals surface area contributed by atoms with Crippen molar-refractivity contribution in [2.45, 2.75) is 139 Å². The number of allylic oxidation sites excluding steroid dienone is 1. The third-order valence-corrected chi connectivity index (χ3v) is 15.7. The van der Waals surface area contributed by atoms with E-state index >= 15 is 0 Å². The largest absolute Gasteiger partial charge is 0.491 e. The SMILES string of the molecule is CC.CCc1c2c(nc3ccc(OCCOCNC(=O)CNC(=O)C(Cc4ccccc4)NC(=O)CNC(=O)CNC(=O)CCCCCN4C(=O)CC(C(C)(CC)CC)C4=O)cc13)/C(C)=C/C1=C(COC(=O)C1O)C(=O)C(C)C(C)C2. The summed E-state index contributed by atoms with van der Waals surface area (Å²) < 4.78 is 16.8. The number of benzene rings is 2. The molecule has 20 heteroatoms. The molecule has 7 amide bonds. The maximum absolute atomic E-state index is 13.7. The molecule has 5 atom stereocenters. The monoisotopic (exact) mass is 1120 g/mol. The van der Waals surface area contributed by atoms with Crippen LogP contribution in [0.3, 0.4) is 0 Å². The molecular formula is C61H83N7O13. The predicted octanol–water partition coefficient (Wildman–Crippen LogP) is 5.15.